The first-order valence-corrected chi connectivity index (χ1v) is 18.1. The first kappa shape index (κ1) is 34.8. The van der Waals surface area contributed by atoms with Crippen molar-refractivity contribution in [3.05, 3.63) is 125 Å². The molecule has 0 aromatic heterocycles. The molecule has 9 heteroatoms. The van der Waals surface area contributed by atoms with Gasteiger partial charge in [0.15, 0.2) is 0 Å². The maximum absolute atomic E-state index is 14.6. The molecule has 0 saturated heterocycles. The molecule has 0 spiro atoms. The zero-order valence-corrected chi connectivity index (χ0v) is 28.8. The third kappa shape index (κ3) is 8.79. The molecule has 0 bridgehead atoms. The molecular formula is C37H43N3O4S2. The lowest BCUT2D eigenvalue weighted by molar-refractivity contribution is -0.140. The number of benzene rings is 4. The fraction of sp³-hybridized carbons (Fsp3) is 0.297. The molecule has 2 atom stereocenters. The van der Waals surface area contributed by atoms with Crippen LogP contribution >= 0.6 is 11.8 Å². The molecule has 0 saturated carbocycles. The molecule has 0 unspecified atom stereocenters. The third-order valence-corrected chi connectivity index (χ3v) is 10.7. The summed E-state index contributed by atoms with van der Waals surface area (Å²) in [6.07, 6.45) is 2.92. The molecule has 46 heavy (non-hydrogen) atoms. The van der Waals surface area contributed by atoms with E-state index in [1.165, 1.54) is 11.8 Å². The van der Waals surface area contributed by atoms with Crippen molar-refractivity contribution in [3.63, 3.8) is 0 Å². The largest absolute Gasteiger partial charge is 0.352 e. The number of nitrogens with zero attached hydrogens (tertiary/aromatic N) is 2. The number of thioether (sulfide) groups is 1. The van der Waals surface area contributed by atoms with Crippen LogP contribution in [0.3, 0.4) is 0 Å². The lowest BCUT2D eigenvalue weighted by atomic mass is 10.0. The quantitative estimate of drug-likeness (QED) is 0.151. The molecule has 4 rings (SSSR count). The molecule has 7 nitrogen and oxygen atoms in total. The van der Waals surface area contributed by atoms with Crippen LogP contribution in [0.5, 0.6) is 0 Å². The number of carbonyl (C=O) groups excluding carboxylic acids is 2. The lowest BCUT2D eigenvalue weighted by Gasteiger charge is -2.34. The van der Waals surface area contributed by atoms with Crippen LogP contribution < -0.4 is 9.62 Å². The van der Waals surface area contributed by atoms with Crippen LogP contribution in [-0.4, -0.2) is 50.0 Å². The summed E-state index contributed by atoms with van der Waals surface area (Å²) in [6, 6.07) is 30.0. The summed E-state index contributed by atoms with van der Waals surface area (Å²) in [4.78, 5) is 31.1. The van der Waals surface area contributed by atoms with Crippen LogP contribution in [0.1, 0.15) is 42.5 Å². The van der Waals surface area contributed by atoms with Gasteiger partial charge < -0.3 is 10.2 Å². The first-order chi connectivity index (χ1) is 22.0. The van der Waals surface area contributed by atoms with Gasteiger partial charge in [-0.15, -0.1) is 11.8 Å². The SMILES string of the molecule is CC[C@H](C)NC(=O)[C@H](Cc1ccccc1)N(Cc1ccccc1C)C(=O)CN(c1ccc(C)cc1)S(=O)(=O)c1ccc(SC)cc1. The topological polar surface area (TPSA) is 86.8 Å². The highest BCUT2D eigenvalue weighted by Crippen LogP contribution is 2.27. The van der Waals surface area contributed by atoms with Gasteiger partial charge in [0.2, 0.25) is 11.8 Å². The summed E-state index contributed by atoms with van der Waals surface area (Å²) in [6.45, 7) is 7.46. The zero-order valence-electron chi connectivity index (χ0n) is 27.1. The Morgan fingerprint density at radius 2 is 1.48 bits per heavy atom. The molecule has 0 radical (unpaired) electrons. The smallest absolute Gasteiger partial charge is 0.264 e. The van der Waals surface area contributed by atoms with E-state index < -0.39 is 28.5 Å². The molecule has 1 N–H and O–H groups in total. The van der Waals surface area contributed by atoms with E-state index in [4.69, 9.17) is 0 Å². The number of hydrogen-bond acceptors (Lipinski definition) is 5. The van der Waals surface area contributed by atoms with Crippen molar-refractivity contribution in [1.82, 2.24) is 10.2 Å². The number of hydrogen-bond donors (Lipinski definition) is 1. The molecule has 0 aliphatic carbocycles. The number of sulfonamides is 1. The van der Waals surface area contributed by atoms with Gasteiger partial charge in [-0.3, -0.25) is 13.9 Å². The predicted molar refractivity (Wildman–Crippen MR) is 187 cm³/mol. The standard InChI is InChI=1S/C37H43N3O4S2/c1-6-29(4)38-37(42)35(24-30-13-8-7-9-14-30)39(25-31-15-11-10-12-28(31)3)36(41)26-40(32-18-16-27(2)17-19-32)46(43,44)34-22-20-33(45-5)21-23-34/h7-23,29,35H,6,24-26H2,1-5H3,(H,38,42)/t29-,35-/m0/s1. The number of anilines is 1. The highest BCUT2D eigenvalue weighted by molar-refractivity contribution is 7.98. The summed E-state index contributed by atoms with van der Waals surface area (Å²) in [5.74, 6) is -0.758. The van der Waals surface area contributed by atoms with Crippen LogP contribution in [0.2, 0.25) is 0 Å². The van der Waals surface area contributed by atoms with E-state index in [1.807, 2.05) is 101 Å². The van der Waals surface area contributed by atoms with Crippen LogP contribution in [0.25, 0.3) is 0 Å². The van der Waals surface area contributed by atoms with Crippen molar-refractivity contribution in [3.8, 4) is 0 Å². The van der Waals surface area contributed by atoms with Gasteiger partial charge in [-0.05, 0) is 86.5 Å². The average molecular weight is 658 g/mol. The van der Waals surface area contributed by atoms with Crippen molar-refractivity contribution in [2.45, 2.75) is 69.0 Å². The van der Waals surface area contributed by atoms with Gasteiger partial charge >= 0.3 is 0 Å². The van der Waals surface area contributed by atoms with Gasteiger partial charge in [0.25, 0.3) is 10.0 Å². The van der Waals surface area contributed by atoms with E-state index >= 15 is 0 Å². The Bertz CT molecular complexity index is 1710. The number of amides is 2. The monoisotopic (exact) mass is 657 g/mol. The molecular weight excluding hydrogens is 615 g/mol. The molecule has 0 aliphatic heterocycles. The number of aryl methyl sites for hydroxylation is 2. The van der Waals surface area contributed by atoms with Crippen LogP contribution in [0, 0.1) is 13.8 Å². The highest BCUT2D eigenvalue weighted by Gasteiger charge is 2.35. The Morgan fingerprint density at radius 3 is 2.09 bits per heavy atom. The predicted octanol–water partition coefficient (Wildman–Crippen LogP) is 6.78. The molecule has 0 fully saturated rings. The zero-order chi connectivity index (χ0) is 33.3. The van der Waals surface area contributed by atoms with Gasteiger partial charge in [0.1, 0.15) is 12.6 Å². The molecule has 242 valence electrons. The van der Waals surface area contributed by atoms with Gasteiger partial charge in [0.05, 0.1) is 10.6 Å². The molecule has 0 heterocycles. The first-order valence-electron chi connectivity index (χ1n) is 15.4. The summed E-state index contributed by atoms with van der Waals surface area (Å²) in [5.41, 5.74) is 4.07. The molecule has 4 aromatic rings. The summed E-state index contributed by atoms with van der Waals surface area (Å²) in [5, 5.41) is 3.08. The second-order valence-corrected chi connectivity index (χ2v) is 14.2. The second kappa shape index (κ2) is 16.0. The number of nitrogens with one attached hydrogen (secondary N) is 1. The maximum Gasteiger partial charge on any atom is 0.264 e. The summed E-state index contributed by atoms with van der Waals surface area (Å²) in [7, 11) is -4.15. The molecule has 2 amide bonds. The highest BCUT2D eigenvalue weighted by atomic mass is 32.2. The molecule has 4 aromatic carbocycles. The minimum Gasteiger partial charge on any atom is -0.352 e. The van der Waals surface area contributed by atoms with E-state index in [0.717, 1.165) is 37.9 Å². The fourth-order valence-corrected chi connectivity index (χ4v) is 6.90. The second-order valence-electron chi connectivity index (χ2n) is 11.5. The minimum absolute atomic E-state index is 0.0829. The van der Waals surface area contributed by atoms with E-state index in [2.05, 4.69) is 5.32 Å². The van der Waals surface area contributed by atoms with Crippen LogP contribution in [0.15, 0.2) is 113 Å². The van der Waals surface area contributed by atoms with Crippen LogP contribution in [0.4, 0.5) is 5.69 Å². The van der Waals surface area contributed by atoms with Crippen molar-refractivity contribution in [2.24, 2.45) is 0 Å². The Balaban J connectivity index is 1.81. The fourth-order valence-electron chi connectivity index (χ4n) is 5.08. The Labute approximate surface area is 278 Å². The van der Waals surface area contributed by atoms with Crippen molar-refractivity contribution in [2.75, 3.05) is 17.1 Å². The van der Waals surface area contributed by atoms with Gasteiger partial charge in [-0.1, -0.05) is 79.2 Å². The van der Waals surface area contributed by atoms with E-state index in [9.17, 15) is 18.0 Å². The van der Waals surface area contributed by atoms with E-state index in [-0.39, 0.29) is 29.8 Å². The third-order valence-electron chi connectivity index (χ3n) is 8.12. The van der Waals surface area contributed by atoms with E-state index in [1.54, 1.807) is 41.3 Å². The summed E-state index contributed by atoms with van der Waals surface area (Å²) < 4.78 is 29.6. The minimum atomic E-state index is -4.15. The molecule has 0 aliphatic rings. The lowest BCUT2D eigenvalue weighted by Crippen LogP contribution is -2.54. The average Bonchev–Trinajstić information content (AvgIpc) is 3.06. The maximum atomic E-state index is 14.6. The Kier molecular flexibility index (Phi) is 12.1. The van der Waals surface area contributed by atoms with Crippen molar-refractivity contribution >= 4 is 39.3 Å². The summed E-state index contributed by atoms with van der Waals surface area (Å²) >= 11 is 1.52. The van der Waals surface area contributed by atoms with E-state index in [0.29, 0.717) is 5.69 Å². The number of carbonyl (C=O) groups is 2. The van der Waals surface area contributed by atoms with Crippen molar-refractivity contribution < 1.29 is 18.0 Å². The Morgan fingerprint density at radius 1 is 0.848 bits per heavy atom. The normalized spacial score (nSPS) is 12.6. The van der Waals surface area contributed by atoms with Crippen LogP contribution in [-0.2, 0) is 32.6 Å². The van der Waals surface area contributed by atoms with Gasteiger partial charge in [-0.2, -0.15) is 0 Å². The van der Waals surface area contributed by atoms with Gasteiger partial charge in [-0.25, -0.2) is 8.42 Å². The number of rotatable bonds is 14. The Hall–Kier alpha value is -4.08. The van der Waals surface area contributed by atoms with Crippen molar-refractivity contribution in [1.29, 1.82) is 0 Å². The van der Waals surface area contributed by atoms with Gasteiger partial charge in [0, 0.05) is 23.9 Å².